The molecule has 28 heavy (non-hydrogen) atoms. The summed E-state index contributed by atoms with van der Waals surface area (Å²) in [4.78, 5) is 19.5. The Bertz CT molecular complexity index is 946. The van der Waals surface area contributed by atoms with E-state index in [-0.39, 0.29) is 11.9 Å². The highest BCUT2D eigenvalue weighted by Crippen LogP contribution is 2.18. The number of ether oxygens (including phenoxy) is 1. The lowest BCUT2D eigenvalue weighted by molar-refractivity contribution is 0.0682. The summed E-state index contributed by atoms with van der Waals surface area (Å²) in [5.41, 5.74) is 3.11. The number of methoxy groups -OCH3 is 1. The van der Waals surface area contributed by atoms with Gasteiger partial charge in [0.1, 0.15) is 11.6 Å². The van der Waals surface area contributed by atoms with Crippen molar-refractivity contribution in [3.8, 4) is 5.75 Å². The first-order valence-corrected chi connectivity index (χ1v) is 9.49. The van der Waals surface area contributed by atoms with E-state index in [1.165, 1.54) is 11.1 Å². The molecule has 0 fully saturated rings. The van der Waals surface area contributed by atoms with Crippen LogP contribution in [0.25, 0.3) is 0 Å². The molecule has 0 aliphatic heterocycles. The molecule has 0 saturated heterocycles. The molecule has 1 aromatic heterocycles. The van der Waals surface area contributed by atoms with Crippen LogP contribution in [0.3, 0.4) is 0 Å². The van der Waals surface area contributed by atoms with Crippen LogP contribution in [-0.2, 0) is 13.1 Å². The van der Waals surface area contributed by atoms with Crippen molar-refractivity contribution in [2.75, 3.05) is 7.11 Å². The van der Waals surface area contributed by atoms with Gasteiger partial charge >= 0.3 is 0 Å². The van der Waals surface area contributed by atoms with Crippen LogP contribution in [0, 0.1) is 6.92 Å². The summed E-state index contributed by atoms with van der Waals surface area (Å²) in [6.45, 7) is 7.34. The monoisotopic (exact) mass is 377 g/mol. The summed E-state index contributed by atoms with van der Waals surface area (Å²) < 4.78 is 7.37. The molecule has 0 radical (unpaired) electrons. The Hall–Kier alpha value is -3.08. The second kappa shape index (κ2) is 8.74. The highest BCUT2D eigenvalue weighted by molar-refractivity contribution is 5.94. The molecule has 146 valence electrons. The van der Waals surface area contributed by atoms with Gasteiger partial charge in [0.2, 0.25) is 0 Å². The minimum Gasteiger partial charge on any atom is -0.497 e. The van der Waals surface area contributed by atoms with E-state index in [4.69, 9.17) is 4.74 Å². The highest BCUT2D eigenvalue weighted by atomic mass is 16.5. The minimum atomic E-state index is -0.0284. The summed E-state index contributed by atoms with van der Waals surface area (Å²) in [5.74, 6) is 1.52. The van der Waals surface area contributed by atoms with E-state index in [0.29, 0.717) is 17.9 Å². The summed E-state index contributed by atoms with van der Waals surface area (Å²) in [7, 11) is 1.60. The molecule has 0 spiro atoms. The van der Waals surface area contributed by atoms with Crippen LogP contribution < -0.4 is 4.74 Å². The van der Waals surface area contributed by atoms with Crippen LogP contribution in [0.1, 0.15) is 41.2 Å². The zero-order valence-electron chi connectivity index (χ0n) is 16.9. The maximum atomic E-state index is 13.1. The fourth-order valence-electron chi connectivity index (χ4n) is 3.17. The fourth-order valence-corrected chi connectivity index (χ4v) is 3.17. The second-order valence-electron chi connectivity index (χ2n) is 7.16. The third kappa shape index (κ3) is 4.42. The van der Waals surface area contributed by atoms with Crippen molar-refractivity contribution < 1.29 is 9.53 Å². The Kier molecular flexibility index (Phi) is 6.14. The summed E-state index contributed by atoms with van der Waals surface area (Å²) in [6.07, 6.45) is 3.76. The number of carbonyl (C=O) groups excluding carboxylic acids is 1. The van der Waals surface area contributed by atoms with Gasteiger partial charge in [-0.1, -0.05) is 30.3 Å². The number of hydrogen-bond acceptors (Lipinski definition) is 3. The van der Waals surface area contributed by atoms with Crippen molar-refractivity contribution in [1.29, 1.82) is 0 Å². The van der Waals surface area contributed by atoms with Crippen LogP contribution in [0.5, 0.6) is 5.75 Å². The quantitative estimate of drug-likeness (QED) is 0.617. The Labute approximate surface area is 166 Å². The molecule has 2 aromatic carbocycles. The van der Waals surface area contributed by atoms with Crippen molar-refractivity contribution in [1.82, 2.24) is 14.5 Å². The van der Waals surface area contributed by atoms with E-state index in [0.717, 1.165) is 12.4 Å². The van der Waals surface area contributed by atoms with Crippen LogP contribution in [0.4, 0.5) is 0 Å². The average molecular weight is 377 g/mol. The average Bonchev–Trinajstić information content (AvgIpc) is 3.14. The van der Waals surface area contributed by atoms with Gasteiger partial charge in [0, 0.05) is 30.5 Å². The van der Waals surface area contributed by atoms with E-state index in [9.17, 15) is 4.79 Å². The molecule has 1 amide bonds. The smallest absolute Gasteiger partial charge is 0.254 e. The van der Waals surface area contributed by atoms with E-state index in [1.807, 2.05) is 55.3 Å². The lowest BCUT2D eigenvalue weighted by Gasteiger charge is -2.27. The zero-order chi connectivity index (χ0) is 20.1. The zero-order valence-corrected chi connectivity index (χ0v) is 16.9. The Balaban J connectivity index is 1.83. The van der Waals surface area contributed by atoms with Gasteiger partial charge in [0.05, 0.1) is 13.7 Å². The third-order valence-corrected chi connectivity index (χ3v) is 4.92. The van der Waals surface area contributed by atoms with Gasteiger partial charge < -0.3 is 14.2 Å². The van der Waals surface area contributed by atoms with E-state index >= 15 is 0 Å². The number of nitrogens with zero attached hydrogens (tertiary/aromatic N) is 3. The Morgan fingerprint density at radius 1 is 1.18 bits per heavy atom. The van der Waals surface area contributed by atoms with Gasteiger partial charge in [-0.3, -0.25) is 4.79 Å². The Morgan fingerprint density at radius 3 is 2.68 bits per heavy atom. The lowest BCUT2D eigenvalue weighted by Crippen LogP contribution is -2.37. The molecule has 0 aliphatic rings. The molecule has 3 aromatic rings. The number of imidazole rings is 1. The van der Waals surface area contributed by atoms with Gasteiger partial charge in [-0.15, -0.1) is 0 Å². The fraction of sp³-hybridized carbons (Fsp3) is 0.304. The van der Waals surface area contributed by atoms with Crippen molar-refractivity contribution in [3.63, 3.8) is 0 Å². The van der Waals surface area contributed by atoms with Gasteiger partial charge in [-0.05, 0) is 50.1 Å². The van der Waals surface area contributed by atoms with Gasteiger partial charge in [-0.25, -0.2) is 4.98 Å². The first-order valence-electron chi connectivity index (χ1n) is 9.49. The lowest BCUT2D eigenvalue weighted by atomic mass is 10.1. The molecular formula is C23H27N3O2. The second-order valence-corrected chi connectivity index (χ2v) is 7.16. The topological polar surface area (TPSA) is 47.4 Å². The predicted octanol–water partition coefficient (Wildman–Crippen LogP) is 4.30. The number of aromatic nitrogens is 2. The maximum absolute atomic E-state index is 13.1. The number of amides is 1. The van der Waals surface area contributed by atoms with Crippen LogP contribution >= 0.6 is 0 Å². The molecule has 0 bridgehead atoms. The van der Waals surface area contributed by atoms with Gasteiger partial charge in [0.15, 0.2) is 0 Å². The SMILES string of the molecule is COc1cccc(C(=O)N(Cc2nccn2Cc2ccccc2C)C(C)C)c1. The predicted molar refractivity (Wildman–Crippen MR) is 111 cm³/mol. The first kappa shape index (κ1) is 19.7. The number of aryl methyl sites for hydroxylation is 1. The first-order chi connectivity index (χ1) is 13.5. The van der Waals surface area contributed by atoms with Crippen LogP contribution in [-0.4, -0.2) is 33.5 Å². The molecule has 0 unspecified atom stereocenters. The number of benzene rings is 2. The standard InChI is InChI=1S/C23H27N3O2/c1-17(2)26(23(27)19-10-7-11-21(14-19)28-4)16-22-24-12-13-25(22)15-20-9-6-5-8-18(20)3/h5-14,17H,15-16H2,1-4H3. The van der Waals surface area contributed by atoms with Gasteiger partial charge in [0.25, 0.3) is 5.91 Å². The maximum Gasteiger partial charge on any atom is 0.254 e. The largest absolute Gasteiger partial charge is 0.497 e. The third-order valence-electron chi connectivity index (χ3n) is 4.92. The van der Waals surface area contributed by atoms with Crippen molar-refractivity contribution in [2.45, 2.75) is 39.9 Å². The van der Waals surface area contributed by atoms with E-state index < -0.39 is 0 Å². The van der Waals surface area contributed by atoms with Gasteiger partial charge in [-0.2, -0.15) is 0 Å². The van der Waals surface area contributed by atoms with E-state index in [2.05, 4.69) is 28.6 Å². The molecule has 5 heteroatoms. The van der Waals surface area contributed by atoms with Crippen molar-refractivity contribution in [2.24, 2.45) is 0 Å². The molecule has 0 saturated carbocycles. The van der Waals surface area contributed by atoms with E-state index in [1.54, 1.807) is 19.4 Å². The molecule has 0 atom stereocenters. The minimum absolute atomic E-state index is 0.0284. The van der Waals surface area contributed by atoms with Crippen LogP contribution in [0.2, 0.25) is 0 Å². The normalized spacial score (nSPS) is 10.9. The highest BCUT2D eigenvalue weighted by Gasteiger charge is 2.21. The summed E-state index contributed by atoms with van der Waals surface area (Å²) >= 11 is 0. The van der Waals surface area contributed by atoms with Crippen molar-refractivity contribution >= 4 is 5.91 Å². The Morgan fingerprint density at radius 2 is 1.96 bits per heavy atom. The summed E-state index contributed by atoms with van der Waals surface area (Å²) in [6, 6.07) is 15.6. The number of hydrogen-bond donors (Lipinski definition) is 0. The number of rotatable bonds is 7. The molecular weight excluding hydrogens is 350 g/mol. The van der Waals surface area contributed by atoms with Crippen LogP contribution in [0.15, 0.2) is 60.9 Å². The molecule has 0 N–H and O–H groups in total. The molecule has 3 rings (SSSR count). The molecule has 1 heterocycles. The molecule has 0 aliphatic carbocycles. The number of carbonyl (C=O) groups is 1. The molecule has 5 nitrogen and oxygen atoms in total. The summed E-state index contributed by atoms with van der Waals surface area (Å²) in [5, 5.41) is 0. The van der Waals surface area contributed by atoms with Crippen molar-refractivity contribution in [3.05, 3.63) is 83.4 Å².